The Bertz CT molecular complexity index is 570. The largest absolute Gasteiger partial charge is 0.443 e. The van der Waals surface area contributed by atoms with Gasteiger partial charge in [0.15, 0.2) is 0 Å². The van der Waals surface area contributed by atoms with Gasteiger partial charge in [-0.25, -0.2) is 9.80 Å². The molecule has 1 aromatic carbocycles. The van der Waals surface area contributed by atoms with Gasteiger partial charge in [-0.1, -0.05) is 36.4 Å². The highest BCUT2D eigenvalue weighted by Crippen LogP contribution is 2.02. The van der Waals surface area contributed by atoms with Crippen molar-refractivity contribution in [3.63, 3.8) is 0 Å². The predicted octanol–water partition coefficient (Wildman–Crippen LogP) is 2.68. The molecule has 0 bridgehead atoms. The minimum absolute atomic E-state index is 0.229. The number of amides is 1. The Balaban J connectivity index is 1.85. The third-order valence-electron chi connectivity index (χ3n) is 2.53. The fourth-order valence-corrected chi connectivity index (χ4v) is 1.47. The molecule has 0 saturated carbocycles. The van der Waals surface area contributed by atoms with Crippen molar-refractivity contribution in [3.05, 3.63) is 66.0 Å². The van der Waals surface area contributed by atoms with Crippen molar-refractivity contribution in [2.24, 2.45) is 5.10 Å². The van der Waals surface area contributed by atoms with Crippen LogP contribution in [0.25, 0.3) is 0 Å². The summed E-state index contributed by atoms with van der Waals surface area (Å²) in [5.74, 6) is 0. The van der Waals surface area contributed by atoms with Crippen LogP contribution in [0.5, 0.6) is 0 Å². The molecule has 0 unspecified atom stereocenters. The topological polar surface area (TPSA) is 54.8 Å². The monoisotopic (exact) mass is 269 g/mol. The summed E-state index contributed by atoms with van der Waals surface area (Å²) in [5.41, 5.74) is 1.75. The van der Waals surface area contributed by atoms with Gasteiger partial charge in [0.25, 0.3) is 0 Å². The van der Waals surface area contributed by atoms with E-state index in [9.17, 15) is 4.79 Å². The van der Waals surface area contributed by atoms with Crippen LogP contribution in [0.1, 0.15) is 11.1 Å². The molecule has 0 aliphatic carbocycles. The number of hydrazone groups is 1. The van der Waals surface area contributed by atoms with E-state index in [4.69, 9.17) is 4.74 Å². The number of benzene rings is 1. The number of carbonyl (C=O) groups excluding carboxylic acids is 1. The first-order valence-corrected chi connectivity index (χ1v) is 6.14. The molecule has 1 heterocycles. The highest BCUT2D eigenvalue weighted by molar-refractivity contribution is 5.80. The van der Waals surface area contributed by atoms with Gasteiger partial charge in [0.2, 0.25) is 0 Å². The molecule has 5 heteroatoms. The van der Waals surface area contributed by atoms with E-state index >= 15 is 0 Å². The van der Waals surface area contributed by atoms with Gasteiger partial charge in [-0.2, -0.15) is 5.10 Å². The first kappa shape index (κ1) is 13.7. The van der Waals surface area contributed by atoms with Crippen LogP contribution >= 0.6 is 0 Å². The molecule has 0 radical (unpaired) electrons. The Kier molecular flexibility index (Phi) is 4.83. The lowest BCUT2D eigenvalue weighted by molar-refractivity contribution is 0.106. The Morgan fingerprint density at radius 2 is 2.10 bits per heavy atom. The first-order valence-electron chi connectivity index (χ1n) is 6.14. The zero-order valence-corrected chi connectivity index (χ0v) is 11.1. The molecule has 0 N–H and O–H groups in total. The highest BCUT2D eigenvalue weighted by atomic mass is 16.6. The lowest BCUT2D eigenvalue weighted by Gasteiger charge is -2.11. The summed E-state index contributed by atoms with van der Waals surface area (Å²) >= 11 is 0. The van der Waals surface area contributed by atoms with Crippen LogP contribution in [0.3, 0.4) is 0 Å². The molecule has 0 spiro atoms. The van der Waals surface area contributed by atoms with Crippen molar-refractivity contribution in [3.8, 4) is 0 Å². The summed E-state index contributed by atoms with van der Waals surface area (Å²) in [6.45, 7) is 0.229. The Hall–Kier alpha value is -2.69. The van der Waals surface area contributed by atoms with E-state index in [2.05, 4.69) is 10.1 Å². The average Bonchev–Trinajstić information content (AvgIpc) is 2.52. The summed E-state index contributed by atoms with van der Waals surface area (Å²) in [7, 11) is 1.54. The highest BCUT2D eigenvalue weighted by Gasteiger charge is 2.08. The van der Waals surface area contributed by atoms with Crippen molar-refractivity contribution in [1.82, 2.24) is 9.99 Å². The van der Waals surface area contributed by atoms with Crippen LogP contribution in [0.4, 0.5) is 4.79 Å². The minimum atomic E-state index is -0.506. The van der Waals surface area contributed by atoms with E-state index in [0.29, 0.717) is 0 Å². The number of hydrogen-bond acceptors (Lipinski definition) is 4. The zero-order chi connectivity index (χ0) is 14.2. The minimum Gasteiger partial charge on any atom is -0.443 e. The maximum atomic E-state index is 11.7. The van der Waals surface area contributed by atoms with Crippen molar-refractivity contribution < 1.29 is 9.53 Å². The summed E-state index contributed by atoms with van der Waals surface area (Å²) in [4.78, 5) is 15.7. The molecule has 0 saturated heterocycles. The maximum Gasteiger partial charge on any atom is 0.430 e. The molecular formula is C15H15N3O2. The molecule has 1 aromatic heterocycles. The standard InChI is InChI=1S/C15H15N3O2/c1-18(17-11-14-8-5-9-16-10-14)15(19)20-12-13-6-3-2-4-7-13/h2-11H,12H2,1H3/b17-11-. The van der Waals surface area contributed by atoms with Gasteiger partial charge in [-0.15, -0.1) is 0 Å². The van der Waals surface area contributed by atoms with Crippen LogP contribution in [0.15, 0.2) is 60.0 Å². The third-order valence-corrected chi connectivity index (χ3v) is 2.53. The molecule has 0 fully saturated rings. The Morgan fingerprint density at radius 1 is 1.30 bits per heavy atom. The number of rotatable bonds is 4. The summed E-state index contributed by atoms with van der Waals surface area (Å²) in [6, 6.07) is 13.1. The van der Waals surface area contributed by atoms with E-state index in [1.54, 1.807) is 31.7 Å². The smallest absolute Gasteiger partial charge is 0.430 e. The number of carbonyl (C=O) groups is 1. The molecule has 1 amide bonds. The van der Waals surface area contributed by atoms with E-state index in [-0.39, 0.29) is 6.61 Å². The fraction of sp³-hybridized carbons (Fsp3) is 0.133. The summed E-state index contributed by atoms with van der Waals surface area (Å²) < 4.78 is 5.14. The fourth-order valence-electron chi connectivity index (χ4n) is 1.47. The molecular weight excluding hydrogens is 254 g/mol. The van der Waals surface area contributed by atoms with Gasteiger partial charge in [-0.3, -0.25) is 4.98 Å². The van der Waals surface area contributed by atoms with Gasteiger partial charge in [0.1, 0.15) is 6.61 Å². The number of pyridine rings is 1. The van der Waals surface area contributed by atoms with Crippen LogP contribution in [-0.4, -0.2) is 29.3 Å². The van der Waals surface area contributed by atoms with Gasteiger partial charge in [-0.05, 0) is 11.6 Å². The quantitative estimate of drug-likeness (QED) is 0.633. The average molecular weight is 269 g/mol. The molecule has 2 aromatic rings. The second-order valence-electron chi connectivity index (χ2n) is 4.09. The van der Waals surface area contributed by atoms with Crippen LogP contribution in [0, 0.1) is 0 Å². The predicted molar refractivity (Wildman–Crippen MR) is 76.2 cm³/mol. The molecule has 0 aliphatic heterocycles. The first-order chi connectivity index (χ1) is 9.75. The van der Waals surface area contributed by atoms with E-state index in [1.165, 1.54) is 0 Å². The van der Waals surface area contributed by atoms with Crippen molar-refractivity contribution in [2.75, 3.05) is 7.05 Å². The number of ether oxygens (including phenoxy) is 1. The van der Waals surface area contributed by atoms with Crippen LogP contribution in [0.2, 0.25) is 0 Å². The molecule has 20 heavy (non-hydrogen) atoms. The van der Waals surface area contributed by atoms with Crippen molar-refractivity contribution in [2.45, 2.75) is 6.61 Å². The van der Waals surface area contributed by atoms with Crippen molar-refractivity contribution >= 4 is 12.3 Å². The SMILES string of the molecule is CN(/N=C\c1cccnc1)C(=O)OCc1ccccc1. The number of hydrogen-bond donors (Lipinski definition) is 0. The summed E-state index contributed by atoms with van der Waals surface area (Å²) in [5, 5.41) is 5.15. The molecule has 2 rings (SSSR count). The second kappa shape index (κ2) is 7.04. The van der Waals surface area contributed by atoms with E-state index in [0.717, 1.165) is 16.1 Å². The number of aromatic nitrogens is 1. The van der Waals surface area contributed by atoms with Crippen molar-refractivity contribution in [1.29, 1.82) is 0 Å². The molecule has 5 nitrogen and oxygen atoms in total. The molecule has 102 valence electrons. The van der Waals surface area contributed by atoms with Gasteiger partial charge in [0.05, 0.1) is 6.21 Å². The van der Waals surface area contributed by atoms with Crippen LogP contribution < -0.4 is 0 Å². The Labute approximate surface area is 117 Å². The molecule has 0 atom stereocenters. The zero-order valence-electron chi connectivity index (χ0n) is 11.1. The summed E-state index contributed by atoms with van der Waals surface area (Å²) in [6.07, 6.45) is 4.38. The third kappa shape index (κ3) is 4.20. The maximum absolute atomic E-state index is 11.7. The van der Waals surface area contributed by atoms with E-state index in [1.807, 2.05) is 36.4 Å². The van der Waals surface area contributed by atoms with Crippen LogP contribution in [-0.2, 0) is 11.3 Å². The molecule has 0 aliphatic rings. The number of nitrogens with zero attached hydrogens (tertiary/aromatic N) is 3. The Morgan fingerprint density at radius 3 is 2.80 bits per heavy atom. The lowest BCUT2D eigenvalue weighted by Crippen LogP contribution is -2.22. The second-order valence-corrected chi connectivity index (χ2v) is 4.09. The van der Waals surface area contributed by atoms with Gasteiger partial charge < -0.3 is 4.74 Å². The normalized spacial score (nSPS) is 10.4. The van der Waals surface area contributed by atoms with E-state index < -0.39 is 6.09 Å². The lowest BCUT2D eigenvalue weighted by atomic mass is 10.2. The van der Waals surface area contributed by atoms with Gasteiger partial charge in [0, 0.05) is 25.0 Å². The van der Waals surface area contributed by atoms with Gasteiger partial charge >= 0.3 is 6.09 Å².